The third-order valence-corrected chi connectivity index (χ3v) is 4.88. The summed E-state index contributed by atoms with van der Waals surface area (Å²) >= 11 is 0. The molecule has 1 amide bonds. The number of nitrogens with two attached hydrogens (primary N) is 1. The van der Waals surface area contributed by atoms with Gasteiger partial charge in [-0.1, -0.05) is 12.1 Å². The summed E-state index contributed by atoms with van der Waals surface area (Å²) in [6.07, 6.45) is 2.10. The molecular weight excluding hydrogens is 412 g/mol. The second-order valence-corrected chi connectivity index (χ2v) is 6.99. The van der Waals surface area contributed by atoms with Crippen LogP contribution in [0.15, 0.2) is 53.5 Å². The van der Waals surface area contributed by atoms with Crippen LogP contribution in [0.1, 0.15) is 37.4 Å². The van der Waals surface area contributed by atoms with Crippen LogP contribution in [0.5, 0.6) is 0 Å². The Hall–Kier alpha value is -4.91. The molecule has 0 spiro atoms. The van der Waals surface area contributed by atoms with Gasteiger partial charge >= 0.3 is 5.97 Å². The molecule has 0 aliphatic heterocycles. The van der Waals surface area contributed by atoms with Crippen LogP contribution in [-0.2, 0) is 6.42 Å². The first-order valence-corrected chi connectivity index (χ1v) is 9.39. The normalized spacial score (nSPS) is 10.6. The number of amides is 1. The zero-order valence-electron chi connectivity index (χ0n) is 16.5. The van der Waals surface area contributed by atoms with Gasteiger partial charge in [-0.25, -0.2) is 4.79 Å². The van der Waals surface area contributed by atoms with Crippen molar-refractivity contribution in [2.75, 3.05) is 11.1 Å². The number of nitrogens with zero attached hydrogens (tertiary/aromatic N) is 2. The number of aromatic carboxylic acids is 1. The van der Waals surface area contributed by atoms with Crippen LogP contribution in [-0.4, -0.2) is 31.9 Å². The van der Waals surface area contributed by atoms with E-state index in [2.05, 4.69) is 20.3 Å². The number of fused-ring (bicyclic) bond motifs is 1. The SMILES string of the molecule is N#Cc1ccc(C(=O)O)c(NC(=O)c2ccc(Cc3c[nH]c4nc(N)[nH]c(=O)c34)cc2)c1. The van der Waals surface area contributed by atoms with E-state index in [1.165, 1.54) is 18.2 Å². The summed E-state index contributed by atoms with van der Waals surface area (Å²) in [5.74, 6) is -1.71. The summed E-state index contributed by atoms with van der Waals surface area (Å²) in [6.45, 7) is 0. The van der Waals surface area contributed by atoms with Crippen molar-refractivity contribution >= 4 is 34.5 Å². The first-order chi connectivity index (χ1) is 15.4. The highest BCUT2D eigenvalue weighted by molar-refractivity contribution is 6.07. The summed E-state index contributed by atoms with van der Waals surface area (Å²) in [7, 11) is 0. The quantitative estimate of drug-likeness (QED) is 0.323. The molecule has 2 heterocycles. The standard InChI is InChI=1S/C22H16N6O4/c23-9-12-3-6-15(21(31)32)16(8-12)26-19(29)13-4-1-11(2-5-13)7-14-10-25-18-17(14)20(30)28-22(24)27-18/h1-6,8,10H,7H2,(H,26,29)(H,31,32)(H4,24,25,27,28,30). The summed E-state index contributed by atoms with van der Waals surface area (Å²) in [5, 5.41) is 21.3. The van der Waals surface area contributed by atoms with E-state index >= 15 is 0 Å². The van der Waals surface area contributed by atoms with Gasteiger partial charge in [-0.2, -0.15) is 10.2 Å². The number of carboxylic acids is 1. The number of carboxylic acid groups (broad SMARTS) is 1. The van der Waals surface area contributed by atoms with Crippen LogP contribution in [0.3, 0.4) is 0 Å². The number of aromatic nitrogens is 3. The molecule has 0 atom stereocenters. The molecular formula is C22H16N6O4. The fraction of sp³-hybridized carbons (Fsp3) is 0.0455. The van der Waals surface area contributed by atoms with Crippen molar-refractivity contribution in [1.29, 1.82) is 5.26 Å². The molecule has 0 aliphatic carbocycles. The van der Waals surface area contributed by atoms with Crippen molar-refractivity contribution in [3.8, 4) is 6.07 Å². The molecule has 0 unspecified atom stereocenters. The Labute approximate surface area is 180 Å². The predicted octanol–water partition coefficient (Wildman–Crippen LogP) is 2.25. The number of nitrogen functional groups attached to an aromatic ring is 1. The van der Waals surface area contributed by atoms with Crippen LogP contribution in [0.4, 0.5) is 11.6 Å². The Morgan fingerprint density at radius 1 is 1.19 bits per heavy atom. The van der Waals surface area contributed by atoms with Crippen molar-refractivity contribution < 1.29 is 14.7 Å². The number of carbonyl (C=O) groups is 2. The van der Waals surface area contributed by atoms with E-state index in [0.717, 1.165) is 11.1 Å². The molecule has 2 aromatic carbocycles. The number of aromatic amines is 2. The van der Waals surface area contributed by atoms with Gasteiger partial charge in [-0.15, -0.1) is 0 Å². The van der Waals surface area contributed by atoms with Crippen LogP contribution in [0.25, 0.3) is 11.0 Å². The average molecular weight is 428 g/mol. The minimum atomic E-state index is -1.22. The largest absolute Gasteiger partial charge is 0.478 e. The first kappa shape index (κ1) is 20.4. The lowest BCUT2D eigenvalue weighted by Crippen LogP contribution is -2.15. The predicted molar refractivity (Wildman–Crippen MR) is 116 cm³/mol. The second-order valence-electron chi connectivity index (χ2n) is 6.99. The van der Waals surface area contributed by atoms with E-state index in [4.69, 9.17) is 11.0 Å². The summed E-state index contributed by atoms with van der Waals surface area (Å²) < 4.78 is 0. The molecule has 0 saturated heterocycles. The van der Waals surface area contributed by atoms with E-state index in [0.29, 0.717) is 23.0 Å². The molecule has 158 valence electrons. The van der Waals surface area contributed by atoms with Gasteiger partial charge in [-0.05, 0) is 47.9 Å². The van der Waals surface area contributed by atoms with Crippen molar-refractivity contribution in [3.05, 3.63) is 86.8 Å². The van der Waals surface area contributed by atoms with Crippen LogP contribution in [0, 0.1) is 11.3 Å². The molecule has 2 aromatic heterocycles. The van der Waals surface area contributed by atoms with Crippen molar-refractivity contribution in [2.45, 2.75) is 6.42 Å². The lowest BCUT2D eigenvalue weighted by atomic mass is 10.0. The Morgan fingerprint density at radius 3 is 2.62 bits per heavy atom. The first-order valence-electron chi connectivity index (χ1n) is 9.39. The highest BCUT2D eigenvalue weighted by Gasteiger charge is 2.15. The van der Waals surface area contributed by atoms with Gasteiger partial charge in [0.1, 0.15) is 5.65 Å². The molecule has 6 N–H and O–H groups in total. The summed E-state index contributed by atoms with van der Waals surface area (Å²) in [6, 6.07) is 12.5. The van der Waals surface area contributed by atoms with E-state index in [9.17, 15) is 19.5 Å². The van der Waals surface area contributed by atoms with Gasteiger partial charge in [0.15, 0.2) is 0 Å². The maximum Gasteiger partial charge on any atom is 0.337 e. The van der Waals surface area contributed by atoms with Gasteiger partial charge in [0.2, 0.25) is 5.95 Å². The molecule has 4 aromatic rings. The highest BCUT2D eigenvalue weighted by atomic mass is 16.4. The van der Waals surface area contributed by atoms with Crippen molar-refractivity contribution in [3.63, 3.8) is 0 Å². The lowest BCUT2D eigenvalue weighted by Gasteiger charge is -2.09. The highest BCUT2D eigenvalue weighted by Crippen LogP contribution is 2.20. The van der Waals surface area contributed by atoms with E-state index < -0.39 is 11.9 Å². The Morgan fingerprint density at radius 2 is 1.94 bits per heavy atom. The maximum absolute atomic E-state index is 12.6. The third-order valence-electron chi connectivity index (χ3n) is 4.88. The average Bonchev–Trinajstić information content (AvgIpc) is 3.16. The smallest absolute Gasteiger partial charge is 0.337 e. The van der Waals surface area contributed by atoms with Gasteiger partial charge in [0, 0.05) is 11.8 Å². The number of hydrogen-bond acceptors (Lipinski definition) is 6. The molecule has 4 rings (SSSR count). The zero-order chi connectivity index (χ0) is 22.8. The Kier molecular flexibility index (Phi) is 5.14. The fourth-order valence-corrected chi connectivity index (χ4v) is 3.35. The Balaban J connectivity index is 1.55. The molecule has 0 saturated carbocycles. The van der Waals surface area contributed by atoms with Crippen molar-refractivity contribution in [1.82, 2.24) is 15.0 Å². The number of hydrogen-bond donors (Lipinski definition) is 5. The van der Waals surface area contributed by atoms with Gasteiger partial charge in [-0.3, -0.25) is 14.6 Å². The summed E-state index contributed by atoms with van der Waals surface area (Å²) in [5.41, 5.74) is 7.63. The molecule has 0 fully saturated rings. The molecule has 10 nitrogen and oxygen atoms in total. The second kappa shape index (κ2) is 8.08. The number of benzene rings is 2. The molecule has 0 bridgehead atoms. The molecule has 0 aliphatic rings. The minimum absolute atomic E-state index is 0.0256. The molecule has 32 heavy (non-hydrogen) atoms. The van der Waals surface area contributed by atoms with Crippen LogP contribution in [0.2, 0.25) is 0 Å². The number of carbonyl (C=O) groups excluding carboxylic acids is 1. The van der Waals surface area contributed by atoms with E-state index in [1.807, 2.05) is 6.07 Å². The number of nitriles is 1. The number of rotatable bonds is 5. The van der Waals surface area contributed by atoms with Crippen molar-refractivity contribution in [2.24, 2.45) is 0 Å². The van der Waals surface area contributed by atoms with Gasteiger partial charge < -0.3 is 21.1 Å². The maximum atomic E-state index is 12.6. The monoisotopic (exact) mass is 428 g/mol. The number of anilines is 2. The van der Waals surface area contributed by atoms with E-state index in [-0.39, 0.29) is 28.3 Å². The Bertz CT molecular complexity index is 1460. The zero-order valence-corrected chi connectivity index (χ0v) is 16.5. The lowest BCUT2D eigenvalue weighted by molar-refractivity contribution is 0.0698. The molecule has 0 radical (unpaired) electrons. The number of nitrogens with one attached hydrogen (secondary N) is 3. The minimum Gasteiger partial charge on any atom is -0.478 e. The van der Waals surface area contributed by atoms with E-state index in [1.54, 1.807) is 30.5 Å². The van der Waals surface area contributed by atoms with Gasteiger partial charge in [0.25, 0.3) is 11.5 Å². The fourth-order valence-electron chi connectivity index (χ4n) is 3.35. The number of H-pyrrole nitrogens is 2. The molecule has 10 heteroatoms. The van der Waals surface area contributed by atoms with Gasteiger partial charge in [0.05, 0.1) is 28.3 Å². The van der Waals surface area contributed by atoms with Crippen LogP contribution >= 0.6 is 0 Å². The van der Waals surface area contributed by atoms with Crippen LogP contribution < -0.4 is 16.6 Å². The topological polar surface area (TPSA) is 178 Å². The summed E-state index contributed by atoms with van der Waals surface area (Å²) in [4.78, 5) is 45.7. The third kappa shape index (κ3) is 3.90.